The molecule has 2 heteroatoms. The Hall–Kier alpha value is -2.16. The monoisotopic (exact) mass is 346 g/mol. The molecule has 0 aliphatic heterocycles. The van der Waals surface area contributed by atoms with E-state index in [1.54, 1.807) is 0 Å². The molecule has 2 N–H and O–H groups in total. The van der Waals surface area contributed by atoms with Crippen molar-refractivity contribution in [1.82, 2.24) is 4.90 Å². The highest BCUT2D eigenvalue weighted by Gasteiger charge is 2.26. The zero-order valence-electron chi connectivity index (χ0n) is 15.5. The van der Waals surface area contributed by atoms with Gasteiger partial charge in [-0.15, -0.1) is 0 Å². The fraction of sp³-hybridized carbons (Fsp3) is 0.333. The molecular weight excluding hydrogens is 316 g/mol. The molecule has 0 amide bonds. The van der Waals surface area contributed by atoms with Crippen molar-refractivity contribution < 1.29 is 0 Å². The normalized spacial score (nSPS) is 21.0. The summed E-state index contributed by atoms with van der Waals surface area (Å²) in [5, 5.41) is 0. The molecule has 2 aromatic rings. The first kappa shape index (κ1) is 18.6. The Morgan fingerprint density at radius 2 is 1.27 bits per heavy atom. The van der Waals surface area contributed by atoms with Crippen LogP contribution in [0.15, 0.2) is 72.8 Å². The molecule has 136 valence electrons. The Labute approximate surface area is 158 Å². The topological polar surface area (TPSA) is 29.3 Å². The summed E-state index contributed by atoms with van der Waals surface area (Å²) in [6, 6.07) is 21.8. The third-order valence-electron chi connectivity index (χ3n) is 5.15. The van der Waals surface area contributed by atoms with Gasteiger partial charge in [-0.25, -0.2) is 0 Å². The standard InChI is InChI=1S/C24H30N2/c25-23-17-7-8-18-24(23)26(19-9-15-21-11-3-1-4-12-21)20-10-16-22-13-5-2-6-14-22/h1-6,9-16,23-24H,7-8,17-20,25H2/b15-9+,16-10+. The first-order chi connectivity index (χ1) is 12.8. The van der Waals surface area contributed by atoms with E-state index in [2.05, 4.69) is 89.9 Å². The van der Waals surface area contributed by atoms with E-state index >= 15 is 0 Å². The number of rotatable bonds is 7. The molecule has 0 radical (unpaired) electrons. The van der Waals surface area contributed by atoms with Crippen LogP contribution in [0.3, 0.4) is 0 Å². The number of nitrogens with zero attached hydrogens (tertiary/aromatic N) is 1. The highest BCUT2D eigenvalue weighted by atomic mass is 15.2. The third-order valence-corrected chi connectivity index (χ3v) is 5.15. The summed E-state index contributed by atoms with van der Waals surface area (Å²) in [5.41, 5.74) is 8.96. The molecule has 0 spiro atoms. The van der Waals surface area contributed by atoms with E-state index in [0.717, 1.165) is 19.5 Å². The molecule has 3 rings (SSSR count). The van der Waals surface area contributed by atoms with Crippen LogP contribution in [0.4, 0.5) is 0 Å². The highest BCUT2D eigenvalue weighted by Crippen LogP contribution is 2.22. The zero-order chi connectivity index (χ0) is 18.0. The average Bonchev–Trinajstić information content (AvgIpc) is 2.69. The molecule has 1 fully saturated rings. The lowest BCUT2D eigenvalue weighted by Gasteiger charge is -2.37. The van der Waals surface area contributed by atoms with Gasteiger partial charge in [0.25, 0.3) is 0 Å². The van der Waals surface area contributed by atoms with Crippen LogP contribution < -0.4 is 5.73 Å². The quantitative estimate of drug-likeness (QED) is 0.765. The van der Waals surface area contributed by atoms with Crippen LogP contribution in [0.1, 0.15) is 36.8 Å². The van der Waals surface area contributed by atoms with Gasteiger partial charge in [0.15, 0.2) is 0 Å². The van der Waals surface area contributed by atoms with Gasteiger partial charge in [-0.1, -0.05) is 97.8 Å². The largest absolute Gasteiger partial charge is 0.326 e. The van der Waals surface area contributed by atoms with Crippen molar-refractivity contribution in [1.29, 1.82) is 0 Å². The Kier molecular flexibility index (Phi) is 7.24. The van der Waals surface area contributed by atoms with Crippen LogP contribution in [-0.2, 0) is 0 Å². The molecule has 0 saturated heterocycles. The molecule has 1 aliphatic rings. The van der Waals surface area contributed by atoms with Gasteiger partial charge in [0.05, 0.1) is 0 Å². The molecule has 0 bridgehead atoms. The second-order valence-electron chi connectivity index (χ2n) is 7.10. The highest BCUT2D eigenvalue weighted by molar-refractivity contribution is 5.49. The Balaban J connectivity index is 1.65. The summed E-state index contributed by atoms with van der Waals surface area (Å²) in [7, 11) is 0. The molecule has 0 aromatic heterocycles. The number of hydrogen-bond acceptors (Lipinski definition) is 2. The van der Waals surface area contributed by atoms with Gasteiger partial charge < -0.3 is 5.73 Å². The van der Waals surface area contributed by atoms with E-state index in [9.17, 15) is 0 Å². The fourth-order valence-electron chi connectivity index (χ4n) is 3.72. The average molecular weight is 347 g/mol. The molecule has 1 saturated carbocycles. The van der Waals surface area contributed by atoms with Gasteiger partial charge in [-0.3, -0.25) is 4.90 Å². The summed E-state index contributed by atoms with van der Waals surface area (Å²) in [5.74, 6) is 0. The van der Waals surface area contributed by atoms with Crippen molar-refractivity contribution in [3.05, 3.63) is 83.9 Å². The lowest BCUT2D eigenvalue weighted by molar-refractivity contribution is 0.167. The van der Waals surface area contributed by atoms with E-state index < -0.39 is 0 Å². The maximum absolute atomic E-state index is 6.46. The van der Waals surface area contributed by atoms with Gasteiger partial charge in [0.1, 0.15) is 0 Å². The van der Waals surface area contributed by atoms with Crippen LogP contribution in [0, 0.1) is 0 Å². The van der Waals surface area contributed by atoms with E-state index in [1.807, 2.05) is 0 Å². The third kappa shape index (κ3) is 5.69. The molecule has 26 heavy (non-hydrogen) atoms. The summed E-state index contributed by atoms with van der Waals surface area (Å²) in [6.07, 6.45) is 13.9. The number of hydrogen-bond donors (Lipinski definition) is 1. The molecule has 2 aromatic carbocycles. The second kappa shape index (κ2) is 10.1. The van der Waals surface area contributed by atoms with E-state index in [0.29, 0.717) is 12.1 Å². The van der Waals surface area contributed by atoms with E-state index in [-0.39, 0.29) is 0 Å². The maximum Gasteiger partial charge on any atom is 0.0253 e. The minimum Gasteiger partial charge on any atom is -0.326 e. The van der Waals surface area contributed by atoms with Gasteiger partial charge in [0, 0.05) is 25.2 Å². The minimum absolute atomic E-state index is 0.291. The molecular formula is C24H30N2. The maximum atomic E-state index is 6.46. The van der Waals surface area contributed by atoms with Gasteiger partial charge >= 0.3 is 0 Å². The predicted octanol–water partition coefficient (Wildman–Crippen LogP) is 4.99. The fourth-order valence-corrected chi connectivity index (χ4v) is 3.72. The van der Waals surface area contributed by atoms with Crippen molar-refractivity contribution in [3.8, 4) is 0 Å². The van der Waals surface area contributed by atoms with Crippen LogP contribution in [0.5, 0.6) is 0 Å². The van der Waals surface area contributed by atoms with Gasteiger partial charge in [-0.05, 0) is 24.0 Å². The minimum atomic E-state index is 0.291. The van der Waals surface area contributed by atoms with Crippen molar-refractivity contribution in [2.45, 2.75) is 37.8 Å². The zero-order valence-corrected chi connectivity index (χ0v) is 15.5. The summed E-state index contributed by atoms with van der Waals surface area (Å²) in [4.78, 5) is 2.53. The van der Waals surface area contributed by atoms with Gasteiger partial charge in [0.2, 0.25) is 0 Å². The van der Waals surface area contributed by atoms with Crippen molar-refractivity contribution in [3.63, 3.8) is 0 Å². The van der Waals surface area contributed by atoms with Crippen LogP contribution in [0.2, 0.25) is 0 Å². The molecule has 0 heterocycles. The predicted molar refractivity (Wildman–Crippen MR) is 113 cm³/mol. The van der Waals surface area contributed by atoms with Gasteiger partial charge in [-0.2, -0.15) is 0 Å². The first-order valence-electron chi connectivity index (χ1n) is 9.76. The van der Waals surface area contributed by atoms with Crippen LogP contribution in [-0.4, -0.2) is 30.1 Å². The van der Waals surface area contributed by atoms with Crippen molar-refractivity contribution in [2.75, 3.05) is 13.1 Å². The summed E-state index contributed by atoms with van der Waals surface area (Å²) >= 11 is 0. The van der Waals surface area contributed by atoms with Crippen LogP contribution in [0.25, 0.3) is 12.2 Å². The van der Waals surface area contributed by atoms with Crippen LogP contribution >= 0.6 is 0 Å². The summed E-state index contributed by atoms with van der Waals surface area (Å²) < 4.78 is 0. The Morgan fingerprint density at radius 3 is 1.77 bits per heavy atom. The number of nitrogens with two attached hydrogens (primary N) is 1. The van der Waals surface area contributed by atoms with E-state index in [4.69, 9.17) is 5.73 Å². The molecule has 2 atom stereocenters. The van der Waals surface area contributed by atoms with Crippen molar-refractivity contribution >= 4 is 12.2 Å². The number of benzene rings is 2. The Bertz CT molecular complexity index is 639. The lowest BCUT2D eigenvalue weighted by Crippen LogP contribution is -2.49. The smallest absolute Gasteiger partial charge is 0.0253 e. The Morgan fingerprint density at radius 1 is 0.769 bits per heavy atom. The lowest BCUT2D eigenvalue weighted by atomic mass is 9.89. The second-order valence-corrected chi connectivity index (χ2v) is 7.10. The summed E-state index contributed by atoms with van der Waals surface area (Å²) in [6.45, 7) is 1.87. The molecule has 2 nitrogen and oxygen atoms in total. The first-order valence-corrected chi connectivity index (χ1v) is 9.76. The molecule has 2 unspecified atom stereocenters. The SMILES string of the molecule is NC1CCCCC1N(C/C=C/c1ccccc1)C/C=C/c1ccccc1. The van der Waals surface area contributed by atoms with Crippen molar-refractivity contribution in [2.24, 2.45) is 5.73 Å². The van der Waals surface area contributed by atoms with E-state index in [1.165, 1.54) is 30.4 Å². The molecule has 1 aliphatic carbocycles.